The Bertz CT molecular complexity index is 784. The summed E-state index contributed by atoms with van der Waals surface area (Å²) in [6.45, 7) is 3.65. The van der Waals surface area contributed by atoms with Crippen LogP contribution in [0.2, 0.25) is 5.02 Å². The minimum atomic E-state index is -0.966. The first-order valence-electron chi connectivity index (χ1n) is 8.28. The highest BCUT2D eigenvalue weighted by atomic mass is 127. The van der Waals surface area contributed by atoms with E-state index in [-0.39, 0.29) is 24.0 Å². The summed E-state index contributed by atoms with van der Waals surface area (Å²) >= 11 is 7.79. The molecule has 0 saturated heterocycles. The van der Waals surface area contributed by atoms with Gasteiger partial charge in [-0.15, -0.1) is 35.3 Å². The number of thiophene rings is 1. The molecule has 2 heterocycles. The lowest BCUT2D eigenvalue weighted by molar-refractivity contribution is 0.0655. The molecule has 2 aromatic rings. The van der Waals surface area contributed by atoms with Crippen molar-refractivity contribution < 1.29 is 14.6 Å². The molecule has 1 aromatic heterocycles. The van der Waals surface area contributed by atoms with Gasteiger partial charge in [0.1, 0.15) is 18.8 Å². The average molecular weight is 524 g/mol. The van der Waals surface area contributed by atoms with Gasteiger partial charge in [-0.2, -0.15) is 0 Å². The minimum Gasteiger partial charge on any atom is -0.486 e. The third-order valence-electron chi connectivity index (χ3n) is 3.99. The van der Waals surface area contributed by atoms with Crippen LogP contribution in [-0.4, -0.2) is 37.9 Å². The van der Waals surface area contributed by atoms with E-state index in [1.807, 2.05) is 29.6 Å². The highest BCUT2D eigenvalue weighted by Gasteiger charge is 2.24. The van der Waals surface area contributed by atoms with Gasteiger partial charge in [0.2, 0.25) is 0 Å². The topological polar surface area (TPSA) is 75.1 Å². The normalized spacial score (nSPS) is 15.5. The van der Waals surface area contributed by atoms with Crippen LogP contribution in [0.15, 0.2) is 34.6 Å². The summed E-state index contributed by atoms with van der Waals surface area (Å²) in [6, 6.07) is 7.59. The first-order chi connectivity index (χ1) is 12.5. The third kappa shape index (κ3) is 5.63. The summed E-state index contributed by atoms with van der Waals surface area (Å²) in [5.74, 6) is 1.84. The second-order valence-corrected chi connectivity index (χ2v) is 7.49. The highest BCUT2D eigenvalue weighted by molar-refractivity contribution is 14.0. The fraction of sp³-hybridized carbons (Fsp3) is 0.389. The van der Waals surface area contributed by atoms with Gasteiger partial charge in [0.15, 0.2) is 17.5 Å². The number of aliphatic hydroxyl groups is 1. The Labute approximate surface area is 185 Å². The fourth-order valence-corrected chi connectivity index (χ4v) is 3.68. The lowest BCUT2D eigenvalue weighted by atomic mass is 10.1. The van der Waals surface area contributed by atoms with Crippen molar-refractivity contribution in [3.8, 4) is 11.5 Å². The number of nitrogens with one attached hydrogen (secondary N) is 2. The van der Waals surface area contributed by atoms with Crippen LogP contribution in [0, 0.1) is 0 Å². The quantitative estimate of drug-likeness (QED) is 0.318. The van der Waals surface area contributed by atoms with Crippen LogP contribution in [0.1, 0.15) is 17.4 Å². The largest absolute Gasteiger partial charge is 0.486 e. The number of hydrogen-bond donors (Lipinski definition) is 3. The molecule has 0 radical (unpaired) electrons. The summed E-state index contributed by atoms with van der Waals surface area (Å²) < 4.78 is 11.1. The van der Waals surface area contributed by atoms with Gasteiger partial charge >= 0.3 is 0 Å². The van der Waals surface area contributed by atoms with Crippen LogP contribution < -0.4 is 20.1 Å². The van der Waals surface area contributed by atoms with Gasteiger partial charge in [0.25, 0.3) is 0 Å². The lowest BCUT2D eigenvalue weighted by Gasteiger charge is -2.24. The maximum absolute atomic E-state index is 10.6. The number of aliphatic imine (C=N–C) groups is 1. The predicted octanol–water partition coefficient (Wildman–Crippen LogP) is 3.36. The van der Waals surface area contributed by atoms with Crippen molar-refractivity contribution in [2.75, 3.05) is 26.8 Å². The molecule has 3 N–H and O–H groups in total. The summed E-state index contributed by atoms with van der Waals surface area (Å²) in [6.07, 6.45) is 0. The molecule has 0 amide bonds. The Morgan fingerprint density at radius 3 is 2.81 bits per heavy atom. The van der Waals surface area contributed by atoms with Gasteiger partial charge in [-0.05, 0) is 36.1 Å². The van der Waals surface area contributed by atoms with Crippen LogP contribution in [0.3, 0.4) is 0 Å². The summed E-state index contributed by atoms with van der Waals surface area (Å²) in [5, 5.41) is 19.4. The number of fused-ring (bicyclic) bond motifs is 1. The van der Waals surface area contributed by atoms with Crippen LogP contribution >= 0.6 is 46.9 Å². The molecule has 0 saturated carbocycles. The van der Waals surface area contributed by atoms with Gasteiger partial charge in [0.05, 0.1) is 11.6 Å². The zero-order valence-corrected chi connectivity index (χ0v) is 19.0. The van der Waals surface area contributed by atoms with E-state index >= 15 is 0 Å². The molecule has 0 aliphatic carbocycles. The van der Waals surface area contributed by atoms with E-state index in [0.717, 1.165) is 10.4 Å². The molecule has 3 rings (SSSR count). The smallest absolute Gasteiger partial charge is 0.191 e. The number of rotatable bonds is 5. The van der Waals surface area contributed by atoms with Crippen molar-refractivity contribution >= 4 is 52.9 Å². The van der Waals surface area contributed by atoms with Crippen LogP contribution in [0.5, 0.6) is 11.5 Å². The molecule has 6 nitrogen and oxygen atoms in total. The first-order valence-corrected chi connectivity index (χ1v) is 9.54. The molecule has 1 aliphatic rings. The maximum atomic E-state index is 10.6. The molecule has 0 fully saturated rings. The van der Waals surface area contributed by atoms with E-state index in [9.17, 15) is 5.11 Å². The Balaban J connectivity index is 0.00000261. The van der Waals surface area contributed by atoms with Gasteiger partial charge in [-0.25, -0.2) is 0 Å². The van der Waals surface area contributed by atoms with Crippen molar-refractivity contribution in [3.05, 3.63) is 45.1 Å². The van der Waals surface area contributed by atoms with E-state index in [1.165, 1.54) is 11.3 Å². The summed E-state index contributed by atoms with van der Waals surface area (Å²) in [4.78, 5) is 5.10. The molecular weight excluding hydrogens is 501 g/mol. The van der Waals surface area contributed by atoms with E-state index < -0.39 is 5.60 Å². The Hall–Kier alpha value is -1.23. The van der Waals surface area contributed by atoms with Crippen molar-refractivity contribution in [1.29, 1.82) is 0 Å². The van der Waals surface area contributed by atoms with Crippen molar-refractivity contribution in [3.63, 3.8) is 0 Å². The molecule has 27 heavy (non-hydrogen) atoms. The molecular formula is C18H23ClIN3O3S. The Kier molecular flexibility index (Phi) is 8.02. The zero-order chi connectivity index (χ0) is 18.6. The molecule has 148 valence electrons. The van der Waals surface area contributed by atoms with Crippen LogP contribution in [0.4, 0.5) is 0 Å². The standard InChI is InChI=1S/C18H22ClN3O3S.HI/c1-18(23,15-4-3-7-26-15)11-22-17(20-2)21-10-12-8-13(19)16-14(9-12)24-5-6-25-16;/h3-4,7-9,23H,5-6,10-11H2,1-2H3,(H2,20,21,22);1H. The fourth-order valence-electron chi connectivity index (χ4n) is 2.60. The second-order valence-electron chi connectivity index (χ2n) is 6.13. The zero-order valence-electron chi connectivity index (χ0n) is 15.1. The van der Waals surface area contributed by atoms with E-state index in [4.69, 9.17) is 21.1 Å². The molecule has 1 unspecified atom stereocenters. The summed E-state index contributed by atoms with van der Waals surface area (Å²) in [5.41, 5.74) is -0.0151. The van der Waals surface area contributed by atoms with Crippen molar-refractivity contribution in [2.45, 2.75) is 19.1 Å². The number of guanidine groups is 1. The number of hydrogen-bond acceptors (Lipinski definition) is 5. The van der Waals surface area contributed by atoms with Crippen molar-refractivity contribution in [1.82, 2.24) is 10.6 Å². The number of benzene rings is 1. The molecule has 0 spiro atoms. The van der Waals surface area contributed by atoms with Gasteiger partial charge < -0.3 is 25.2 Å². The van der Waals surface area contributed by atoms with Crippen LogP contribution in [0.25, 0.3) is 0 Å². The number of ether oxygens (including phenoxy) is 2. The first kappa shape index (κ1) is 22.1. The monoisotopic (exact) mass is 523 g/mol. The Morgan fingerprint density at radius 2 is 2.11 bits per heavy atom. The predicted molar refractivity (Wildman–Crippen MR) is 120 cm³/mol. The number of nitrogens with zero attached hydrogens (tertiary/aromatic N) is 1. The van der Waals surface area contributed by atoms with Crippen molar-refractivity contribution in [2.24, 2.45) is 4.99 Å². The molecule has 1 aliphatic heterocycles. The minimum absolute atomic E-state index is 0. The van der Waals surface area contributed by atoms with Gasteiger partial charge in [-0.1, -0.05) is 17.7 Å². The maximum Gasteiger partial charge on any atom is 0.191 e. The lowest BCUT2D eigenvalue weighted by Crippen LogP contribution is -2.44. The van der Waals surface area contributed by atoms with E-state index in [0.29, 0.717) is 48.8 Å². The highest BCUT2D eigenvalue weighted by Crippen LogP contribution is 2.38. The third-order valence-corrected chi connectivity index (χ3v) is 5.40. The van der Waals surface area contributed by atoms with Crippen LogP contribution in [-0.2, 0) is 12.1 Å². The van der Waals surface area contributed by atoms with Gasteiger partial charge in [-0.3, -0.25) is 4.99 Å². The molecule has 0 bridgehead atoms. The molecule has 9 heteroatoms. The molecule has 1 atom stereocenters. The Morgan fingerprint density at radius 1 is 1.33 bits per heavy atom. The number of halogens is 2. The molecule has 1 aromatic carbocycles. The SMILES string of the molecule is CN=C(NCc1cc(Cl)c2c(c1)OCCO2)NCC(C)(O)c1cccs1.I. The average Bonchev–Trinajstić information content (AvgIpc) is 3.17. The van der Waals surface area contributed by atoms with Gasteiger partial charge in [0, 0.05) is 18.5 Å². The van der Waals surface area contributed by atoms with E-state index in [1.54, 1.807) is 14.0 Å². The summed E-state index contributed by atoms with van der Waals surface area (Å²) in [7, 11) is 1.69. The second kappa shape index (κ2) is 9.81. The van der Waals surface area contributed by atoms with E-state index in [2.05, 4.69) is 15.6 Å².